The topological polar surface area (TPSA) is 46.3 Å². The van der Waals surface area contributed by atoms with E-state index >= 15 is 0 Å². The van der Waals surface area contributed by atoms with Gasteiger partial charge in [-0.15, -0.1) is 12.3 Å². The van der Waals surface area contributed by atoms with Crippen molar-refractivity contribution in [1.29, 1.82) is 0 Å². The van der Waals surface area contributed by atoms with E-state index in [0.717, 1.165) is 13.0 Å². The van der Waals surface area contributed by atoms with E-state index < -0.39 is 6.04 Å². The van der Waals surface area contributed by atoms with Crippen molar-refractivity contribution < 1.29 is 4.79 Å². The maximum absolute atomic E-state index is 11.6. The molecule has 0 aromatic rings. The molecule has 1 unspecified atom stereocenters. The Kier molecular flexibility index (Phi) is 5.98. The van der Waals surface area contributed by atoms with Crippen molar-refractivity contribution in [3.05, 3.63) is 0 Å². The van der Waals surface area contributed by atoms with Crippen molar-refractivity contribution in [2.75, 3.05) is 13.6 Å². The van der Waals surface area contributed by atoms with Crippen LogP contribution in [0, 0.1) is 18.3 Å². The van der Waals surface area contributed by atoms with Crippen LogP contribution in [0.4, 0.5) is 0 Å². The first-order valence-electron chi connectivity index (χ1n) is 4.93. The first-order valence-corrected chi connectivity index (χ1v) is 4.93. The van der Waals surface area contributed by atoms with Crippen LogP contribution in [0.1, 0.15) is 26.7 Å². The average molecular weight is 196 g/mol. The number of amides is 1. The number of carbonyl (C=O) groups excluding carboxylic acids is 1. The Labute approximate surface area is 86.6 Å². The SMILES string of the molecule is C#CCC(N)C(=O)N(C)CCC(C)C. The molecule has 1 amide bonds. The van der Waals surface area contributed by atoms with Gasteiger partial charge in [0, 0.05) is 20.0 Å². The second-order valence-corrected chi connectivity index (χ2v) is 3.96. The van der Waals surface area contributed by atoms with Crippen LogP contribution in [0.3, 0.4) is 0 Å². The van der Waals surface area contributed by atoms with E-state index in [9.17, 15) is 4.79 Å². The van der Waals surface area contributed by atoms with Crippen LogP contribution in [0.25, 0.3) is 0 Å². The van der Waals surface area contributed by atoms with E-state index in [0.29, 0.717) is 12.3 Å². The Morgan fingerprint density at radius 3 is 2.57 bits per heavy atom. The zero-order chi connectivity index (χ0) is 11.1. The Bertz CT molecular complexity index is 218. The van der Waals surface area contributed by atoms with Crippen molar-refractivity contribution in [3.63, 3.8) is 0 Å². The highest BCUT2D eigenvalue weighted by molar-refractivity contribution is 5.81. The number of nitrogens with two attached hydrogens (primary N) is 1. The van der Waals surface area contributed by atoms with Gasteiger partial charge in [0.25, 0.3) is 0 Å². The Morgan fingerprint density at radius 2 is 2.14 bits per heavy atom. The highest BCUT2D eigenvalue weighted by Gasteiger charge is 2.16. The lowest BCUT2D eigenvalue weighted by atomic mass is 10.1. The molecule has 0 saturated carbocycles. The lowest BCUT2D eigenvalue weighted by Crippen LogP contribution is -2.42. The molecule has 14 heavy (non-hydrogen) atoms. The van der Waals surface area contributed by atoms with Gasteiger partial charge in [0.1, 0.15) is 0 Å². The second-order valence-electron chi connectivity index (χ2n) is 3.96. The number of hydrogen-bond acceptors (Lipinski definition) is 2. The maximum Gasteiger partial charge on any atom is 0.240 e. The lowest BCUT2D eigenvalue weighted by Gasteiger charge is -2.21. The van der Waals surface area contributed by atoms with Gasteiger partial charge in [0.15, 0.2) is 0 Å². The van der Waals surface area contributed by atoms with Crippen molar-refractivity contribution in [2.24, 2.45) is 11.7 Å². The Morgan fingerprint density at radius 1 is 1.57 bits per heavy atom. The predicted molar refractivity (Wildman–Crippen MR) is 58.5 cm³/mol. The van der Waals surface area contributed by atoms with Gasteiger partial charge in [-0.05, 0) is 12.3 Å². The predicted octanol–water partition coefficient (Wildman–Crippen LogP) is 0.841. The molecule has 3 heteroatoms. The molecule has 2 N–H and O–H groups in total. The third-order valence-corrected chi connectivity index (χ3v) is 2.07. The number of nitrogens with zero attached hydrogens (tertiary/aromatic N) is 1. The van der Waals surface area contributed by atoms with E-state index in [2.05, 4.69) is 19.8 Å². The van der Waals surface area contributed by atoms with Crippen LogP contribution in [-0.2, 0) is 4.79 Å². The summed E-state index contributed by atoms with van der Waals surface area (Å²) in [7, 11) is 1.76. The minimum Gasteiger partial charge on any atom is -0.344 e. The molecule has 0 aliphatic carbocycles. The highest BCUT2D eigenvalue weighted by atomic mass is 16.2. The molecular weight excluding hydrogens is 176 g/mol. The quantitative estimate of drug-likeness (QED) is 0.662. The maximum atomic E-state index is 11.6. The minimum absolute atomic E-state index is 0.0661. The number of carbonyl (C=O) groups is 1. The molecule has 0 rings (SSSR count). The fourth-order valence-electron chi connectivity index (χ4n) is 1.06. The molecule has 0 heterocycles. The van der Waals surface area contributed by atoms with Crippen LogP contribution in [0.15, 0.2) is 0 Å². The average Bonchev–Trinajstić information content (AvgIpc) is 2.13. The molecule has 0 aromatic carbocycles. The molecule has 0 aliphatic heterocycles. The normalized spacial score (nSPS) is 12.3. The zero-order valence-corrected chi connectivity index (χ0v) is 9.29. The summed E-state index contributed by atoms with van der Waals surface area (Å²) in [4.78, 5) is 13.2. The number of terminal acetylenes is 1. The summed E-state index contributed by atoms with van der Waals surface area (Å²) < 4.78 is 0. The summed E-state index contributed by atoms with van der Waals surface area (Å²) in [6, 6.07) is -0.544. The largest absolute Gasteiger partial charge is 0.344 e. The van der Waals surface area contributed by atoms with Gasteiger partial charge in [0.05, 0.1) is 6.04 Å². The molecule has 0 fully saturated rings. The van der Waals surface area contributed by atoms with Gasteiger partial charge in [-0.3, -0.25) is 4.79 Å². The fourth-order valence-corrected chi connectivity index (χ4v) is 1.06. The molecule has 0 bridgehead atoms. The van der Waals surface area contributed by atoms with Crippen LogP contribution in [-0.4, -0.2) is 30.4 Å². The monoisotopic (exact) mass is 196 g/mol. The third kappa shape index (κ3) is 4.88. The smallest absolute Gasteiger partial charge is 0.240 e. The summed E-state index contributed by atoms with van der Waals surface area (Å²) in [6.07, 6.45) is 6.39. The van der Waals surface area contributed by atoms with Crippen molar-refractivity contribution in [1.82, 2.24) is 4.90 Å². The highest BCUT2D eigenvalue weighted by Crippen LogP contribution is 2.02. The van der Waals surface area contributed by atoms with Crippen molar-refractivity contribution >= 4 is 5.91 Å². The summed E-state index contributed by atoms with van der Waals surface area (Å²) >= 11 is 0. The van der Waals surface area contributed by atoms with Crippen molar-refractivity contribution in [2.45, 2.75) is 32.7 Å². The molecular formula is C11H20N2O. The first kappa shape index (κ1) is 13.0. The summed E-state index contributed by atoms with van der Waals surface area (Å²) in [5.74, 6) is 2.92. The van der Waals surface area contributed by atoms with E-state index in [-0.39, 0.29) is 5.91 Å². The molecule has 0 radical (unpaired) electrons. The second kappa shape index (κ2) is 6.44. The number of hydrogen-bond donors (Lipinski definition) is 1. The number of rotatable bonds is 5. The molecule has 0 aromatic heterocycles. The van der Waals surface area contributed by atoms with Crippen molar-refractivity contribution in [3.8, 4) is 12.3 Å². The van der Waals surface area contributed by atoms with Gasteiger partial charge >= 0.3 is 0 Å². The minimum atomic E-state index is -0.544. The zero-order valence-electron chi connectivity index (χ0n) is 9.29. The Hall–Kier alpha value is -1.01. The molecule has 0 spiro atoms. The molecule has 80 valence electrons. The van der Waals surface area contributed by atoms with Gasteiger partial charge in [0.2, 0.25) is 5.91 Å². The van der Waals surface area contributed by atoms with E-state index in [4.69, 9.17) is 12.2 Å². The third-order valence-electron chi connectivity index (χ3n) is 2.07. The van der Waals surface area contributed by atoms with Crippen LogP contribution in [0.2, 0.25) is 0 Å². The lowest BCUT2D eigenvalue weighted by molar-refractivity contribution is -0.131. The van der Waals surface area contributed by atoms with Crippen LogP contribution >= 0.6 is 0 Å². The first-order chi connectivity index (χ1) is 6.49. The summed E-state index contributed by atoms with van der Waals surface area (Å²) in [5, 5.41) is 0. The number of likely N-dealkylation sites (N-methyl/N-ethyl adjacent to an activating group) is 1. The van der Waals surface area contributed by atoms with Gasteiger partial charge < -0.3 is 10.6 Å². The summed E-state index contributed by atoms with van der Waals surface area (Å²) in [6.45, 7) is 4.99. The standard InChI is InChI=1S/C11H20N2O/c1-5-6-10(12)11(14)13(4)8-7-9(2)3/h1,9-10H,6-8,12H2,2-4H3. The summed E-state index contributed by atoms with van der Waals surface area (Å²) in [5.41, 5.74) is 5.60. The molecule has 0 saturated heterocycles. The van der Waals surface area contributed by atoms with E-state index in [1.54, 1.807) is 11.9 Å². The van der Waals surface area contributed by atoms with E-state index in [1.165, 1.54) is 0 Å². The van der Waals surface area contributed by atoms with Gasteiger partial charge in [-0.1, -0.05) is 13.8 Å². The fraction of sp³-hybridized carbons (Fsp3) is 0.727. The van der Waals surface area contributed by atoms with Crippen LogP contribution < -0.4 is 5.73 Å². The molecule has 0 aliphatic rings. The molecule has 1 atom stereocenters. The van der Waals surface area contributed by atoms with Gasteiger partial charge in [-0.2, -0.15) is 0 Å². The Balaban J connectivity index is 3.93. The van der Waals surface area contributed by atoms with E-state index in [1.807, 2.05) is 0 Å². The van der Waals surface area contributed by atoms with Gasteiger partial charge in [-0.25, -0.2) is 0 Å². The molecule has 3 nitrogen and oxygen atoms in total. The van der Waals surface area contributed by atoms with Crippen LogP contribution in [0.5, 0.6) is 0 Å².